The smallest absolute Gasteiger partial charge is 0.352 e. The van der Waals surface area contributed by atoms with Crippen LogP contribution in [0.25, 0.3) is 0 Å². The van der Waals surface area contributed by atoms with E-state index in [0.29, 0.717) is 5.57 Å². The van der Waals surface area contributed by atoms with E-state index in [1.165, 1.54) is 18.7 Å². The molecule has 0 saturated carbocycles. The maximum absolute atomic E-state index is 12.7. The zero-order chi connectivity index (χ0) is 22.1. The van der Waals surface area contributed by atoms with Crippen LogP contribution in [0.5, 0.6) is 0 Å². The molecule has 1 fully saturated rings. The van der Waals surface area contributed by atoms with Gasteiger partial charge in [-0.05, 0) is 0 Å². The van der Waals surface area contributed by atoms with E-state index in [9.17, 15) is 19.5 Å². The molecular weight excluding hydrogens is 552 g/mol. The Morgan fingerprint density at radius 1 is 1.24 bits per heavy atom. The van der Waals surface area contributed by atoms with Crippen molar-refractivity contribution in [2.75, 3.05) is 24.7 Å². The van der Waals surface area contributed by atoms with Crippen LogP contribution in [0, 0.1) is 0 Å². The Bertz CT molecular complexity index is 712. The number of nitrogens with one attached hydrogen (secondary N) is 1. The number of ether oxygens (including phenoxy) is 1. The number of hydrogen-bond acceptors (Lipinski definition) is 6. The van der Waals surface area contributed by atoms with Gasteiger partial charge < -0.3 is 9.84 Å². The number of carboxylic acid groups (broad SMARTS) is 1. The minimum atomic E-state index is -1.81. The number of rotatable bonds is 7. The number of fused-ring (bicyclic) bond motifs is 1. The van der Waals surface area contributed by atoms with Crippen LogP contribution in [-0.4, -0.2) is 71.5 Å². The van der Waals surface area contributed by atoms with E-state index in [0.717, 1.165) is 4.90 Å². The Labute approximate surface area is 202 Å². The molecule has 2 rings (SSSR count). The molecule has 0 aromatic rings. The number of nitrogens with zero attached hydrogens (tertiary/aromatic N) is 1. The SMILES string of the molecule is CC(=O)OCC1=C(C(=O)O)N2C(=O)[C@H](N[PH+](CC(Cl)(Cl)Cl)CC(Cl)(Cl)Cl)[C@H]2SC1. The quantitative estimate of drug-likeness (QED) is 0.210. The third kappa shape index (κ3) is 7.33. The maximum atomic E-state index is 12.7. The molecule has 0 bridgehead atoms. The minimum absolute atomic E-state index is 0.0662. The summed E-state index contributed by atoms with van der Waals surface area (Å²) in [5.41, 5.74) is 0.156. The molecule has 1 amide bonds. The van der Waals surface area contributed by atoms with Crippen LogP contribution in [0.15, 0.2) is 11.3 Å². The fraction of sp³-hybridized carbons (Fsp3) is 0.643. The summed E-state index contributed by atoms with van der Waals surface area (Å²) in [6.07, 6.45) is 0.132. The summed E-state index contributed by atoms with van der Waals surface area (Å²) in [5, 5.41) is 12.2. The van der Waals surface area contributed by atoms with Gasteiger partial charge in [0.2, 0.25) is 7.59 Å². The van der Waals surface area contributed by atoms with Gasteiger partial charge in [-0.15, -0.1) is 11.8 Å². The molecule has 0 spiro atoms. The Morgan fingerprint density at radius 3 is 2.24 bits per heavy atom. The van der Waals surface area contributed by atoms with Crippen molar-refractivity contribution in [1.29, 1.82) is 0 Å². The van der Waals surface area contributed by atoms with Gasteiger partial charge in [0.15, 0.2) is 6.04 Å². The Morgan fingerprint density at radius 2 is 1.79 bits per heavy atom. The lowest BCUT2D eigenvalue weighted by Gasteiger charge is -2.49. The minimum Gasteiger partial charge on any atom is -0.477 e. The Balaban J connectivity index is 2.18. The first-order valence-corrected chi connectivity index (χ1v) is 13.2. The van der Waals surface area contributed by atoms with Gasteiger partial charge >= 0.3 is 11.9 Å². The number of carboxylic acids is 1. The predicted molar refractivity (Wildman–Crippen MR) is 120 cm³/mol. The molecule has 15 heteroatoms. The number of carbonyl (C=O) groups excluding carboxylic acids is 2. The van der Waals surface area contributed by atoms with E-state index in [1.54, 1.807) is 0 Å². The van der Waals surface area contributed by atoms with Crippen molar-refractivity contribution in [2.24, 2.45) is 0 Å². The Hall–Kier alpha value is 0.630. The monoisotopic (exact) mass is 565 g/mol. The van der Waals surface area contributed by atoms with Crippen molar-refractivity contribution in [3.05, 3.63) is 11.3 Å². The van der Waals surface area contributed by atoms with E-state index in [4.69, 9.17) is 74.3 Å². The fourth-order valence-electron chi connectivity index (χ4n) is 2.85. The standard InChI is InChI=1S/C14H15Cl6N2O5PS/c1-6(23)27-2-7-3-29-11-8(10(24)22(11)9(7)12(25)26)21-28(4-13(15,16)17)5-14(18,19)20/h8,11,21H,2-5H2,1H3,(H,25,26)/p+1/t8-,11+/m0/s1. The summed E-state index contributed by atoms with van der Waals surface area (Å²) in [4.78, 5) is 36.7. The number of hydrogen-bond donors (Lipinski definition) is 2. The lowest BCUT2D eigenvalue weighted by Crippen LogP contribution is -2.69. The molecule has 2 atom stereocenters. The number of β-lactam (4-membered cyclic amide) rings is 1. The topological polar surface area (TPSA) is 95.9 Å². The van der Waals surface area contributed by atoms with Crippen LogP contribution in [0.3, 0.4) is 0 Å². The summed E-state index contributed by atoms with van der Waals surface area (Å²) in [7, 11) is -1.81. The average molecular weight is 568 g/mol. The third-order valence-corrected chi connectivity index (χ3v) is 10.0. The van der Waals surface area contributed by atoms with Crippen LogP contribution >= 0.6 is 89.4 Å². The van der Waals surface area contributed by atoms with E-state index in [-0.39, 0.29) is 30.4 Å². The second kappa shape index (κ2) is 10.1. The van der Waals surface area contributed by atoms with Crippen LogP contribution in [0.1, 0.15) is 6.92 Å². The van der Waals surface area contributed by atoms with Gasteiger partial charge in [0.25, 0.3) is 5.91 Å². The molecular formula is C14H16Cl6N2O5PS+. The van der Waals surface area contributed by atoms with Gasteiger partial charge in [-0.1, -0.05) is 69.6 Å². The highest BCUT2D eigenvalue weighted by Crippen LogP contribution is 2.50. The molecule has 2 aliphatic rings. The third-order valence-electron chi connectivity index (χ3n) is 3.89. The number of esters is 1. The summed E-state index contributed by atoms with van der Waals surface area (Å²) < 4.78 is 1.69. The summed E-state index contributed by atoms with van der Waals surface area (Å²) in [6, 6.07) is -0.710. The van der Waals surface area contributed by atoms with Gasteiger partial charge in [-0.2, -0.15) is 5.09 Å². The highest BCUT2D eigenvalue weighted by atomic mass is 35.6. The van der Waals surface area contributed by atoms with Crippen molar-refractivity contribution in [2.45, 2.75) is 25.9 Å². The second-order valence-electron chi connectivity index (χ2n) is 6.26. The maximum Gasteiger partial charge on any atom is 0.352 e. The molecule has 0 aliphatic carbocycles. The molecule has 7 nitrogen and oxygen atoms in total. The average Bonchev–Trinajstić information content (AvgIpc) is 2.53. The van der Waals surface area contributed by atoms with Crippen molar-refractivity contribution in [3.63, 3.8) is 0 Å². The lowest BCUT2D eigenvalue weighted by molar-refractivity contribution is -0.148. The van der Waals surface area contributed by atoms with Gasteiger partial charge in [0.05, 0.1) is 8.07 Å². The fourth-order valence-corrected chi connectivity index (χ4v) is 9.22. The molecule has 1 saturated heterocycles. The first kappa shape index (κ1) is 25.9. The summed E-state index contributed by atoms with van der Waals surface area (Å²) in [5.74, 6) is -2.01. The highest BCUT2D eigenvalue weighted by molar-refractivity contribution is 8.00. The van der Waals surface area contributed by atoms with Crippen LogP contribution in [0.4, 0.5) is 0 Å². The van der Waals surface area contributed by atoms with Crippen molar-refractivity contribution in [1.82, 2.24) is 9.99 Å². The number of halogens is 6. The van der Waals surface area contributed by atoms with E-state index in [1.807, 2.05) is 0 Å². The molecule has 0 radical (unpaired) electrons. The van der Waals surface area contributed by atoms with Gasteiger partial charge in [0, 0.05) is 18.2 Å². The first-order chi connectivity index (χ1) is 13.2. The van der Waals surface area contributed by atoms with Crippen LogP contribution < -0.4 is 5.09 Å². The van der Waals surface area contributed by atoms with Crippen LogP contribution in [0.2, 0.25) is 0 Å². The van der Waals surface area contributed by atoms with Gasteiger partial charge in [0.1, 0.15) is 30.0 Å². The molecule has 2 N–H and O–H groups in total. The highest BCUT2D eigenvalue weighted by Gasteiger charge is 2.56. The molecule has 0 aromatic heterocycles. The zero-order valence-electron chi connectivity index (χ0n) is 14.7. The molecule has 29 heavy (non-hydrogen) atoms. The normalized spacial score (nSPS) is 22.5. The molecule has 0 unspecified atom stereocenters. The molecule has 2 heterocycles. The molecule has 0 aromatic carbocycles. The summed E-state index contributed by atoms with van der Waals surface area (Å²) in [6.45, 7) is 1.02. The largest absolute Gasteiger partial charge is 0.477 e. The zero-order valence-corrected chi connectivity index (χ0v) is 21.0. The van der Waals surface area contributed by atoms with Crippen molar-refractivity contribution in [3.8, 4) is 0 Å². The summed E-state index contributed by atoms with van der Waals surface area (Å²) >= 11 is 36.6. The lowest BCUT2D eigenvalue weighted by atomic mass is 10.0. The predicted octanol–water partition coefficient (Wildman–Crippen LogP) is 3.63. The van der Waals surface area contributed by atoms with E-state index < -0.39 is 44.9 Å². The van der Waals surface area contributed by atoms with E-state index in [2.05, 4.69) is 5.09 Å². The van der Waals surface area contributed by atoms with E-state index >= 15 is 0 Å². The van der Waals surface area contributed by atoms with Crippen molar-refractivity contribution < 1.29 is 24.2 Å². The van der Waals surface area contributed by atoms with Gasteiger partial charge in [-0.25, -0.2) is 4.79 Å². The first-order valence-electron chi connectivity index (χ1n) is 7.97. The molecule has 2 aliphatic heterocycles. The number of aliphatic carboxylic acids is 1. The van der Waals surface area contributed by atoms with Crippen LogP contribution in [-0.2, 0) is 19.1 Å². The number of carbonyl (C=O) groups is 3. The number of amides is 1. The van der Waals surface area contributed by atoms with Gasteiger partial charge in [-0.3, -0.25) is 14.5 Å². The van der Waals surface area contributed by atoms with Crippen molar-refractivity contribution >= 4 is 107 Å². The molecule has 164 valence electrons. The Kier molecular flexibility index (Phi) is 8.97. The number of thioether (sulfide) groups is 1. The number of alkyl halides is 6. The second-order valence-corrected chi connectivity index (χ2v) is 14.6.